The van der Waals surface area contributed by atoms with Gasteiger partial charge in [-0.3, -0.25) is 9.78 Å². The highest BCUT2D eigenvalue weighted by Crippen LogP contribution is 2.24. The minimum Gasteiger partial charge on any atom is -0.396 e. The quantitative estimate of drug-likeness (QED) is 0.758. The second-order valence-corrected chi connectivity index (χ2v) is 5.19. The first-order valence-corrected chi connectivity index (χ1v) is 6.57. The van der Waals surface area contributed by atoms with Crippen molar-refractivity contribution in [1.82, 2.24) is 10.3 Å². The zero-order valence-corrected chi connectivity index (χ0v) is 11.0. The van der Waals surface area contributed by atoms with Gasteiger partial charge in [-0.1, -0.05) is 6.92 Å². The third-order valence-electron chi connectivity index (χ3n) is 2.17. The van der Waals surface area contributed by atoms with E-state index in [0.717, 1.165) is 11.3 Å². The Labute approximate surface area is 106 Å². The molecule has 2 N–H and O–H groups in total. The molecule has 1 aromatic rings. The van der Waals surface area contributed by atoms with E-state index in [9.17, 15) is 4.79 Å². The first kappa shape index (κ1) is 14.0. The van der Waals surface area contributed by atoms with Crippen molar-refractivity contribution in [1.29, 1.82) is 0 Å². The molecule has 0 aliphatic rings. The largest absolute Gasteiger partial charge is 0.396 e. The molecule has 17 heavy (non-hydrogen) atoms. The lowest BCUT2D eigenvalue weighted by atomic mass is 10.3. The van der Waals surface area contributed by atoms with Crippen molar-refractivity contribution in [3.63, 3.8) is 0 Å². The van der Waals surface area contributed by atoms with Crippen molar-refractivity contribution >= 4 is 17.7 Å². The number of carbonyl (C=O) groups is 1. The summed E-state index contributed by atoms with van der Waals surface area (Å²) in [7, 11) is 0. The van der Waals surface area contributed by atoms with Gasteiger partial charge in [0.2, 0.25) is 0 Å². The lowest BCUT2D eigenvalue weighted by Crippen LogP contribution is -2.23. The van der Waals surface area contributed by atoms with E-state index >= 15 is 0 Å². The minimum atomic E-state index is -0.148. The normalized spacial score (nSPS) is 12.2. The molecule has 5 heteroatoms. The summed E-state index contributed by atoms with van der Waals surface area (Å²) in [4.78, 5) is 16.6. The molecule has 0 fully saturated rings. The molecule has 0 bridgehead atoms. The number of hydrogen-bond donors (Lipinski definition) is 2. The Balaban J connectivity index is 2.68. The number of aromatic nitrogens is 1. The Morgan fingerprint density at radius 2 is 2.41 bits per heavy atom. The number of nitrogens with one attached hydrogen (secondary N) is 1. The summed E-state index contributed by atoms with van der Waals surface area (Å²) < 4.78 is 0. The molecular weight excluding hydrogens is 236 g/mol. The van der Waals surface area contributed by atoms with Gasteiger partial charge in [0, 0.05) is 29.5 Å². The predicted octanol–water partition coefficient (Wildman–Crippen LogP) is 1.69. The Bertz CT molecular complexity index is 371. The fraction of sp³-hybridized carbons (Fsp3) is 0.500. The summed E-state index contributed by atoms with van der Waals surface area (Å²) in [5.41, 5.74) is 0.438. The second-order valence-electron chi connectivity index (χ2n) is 3.68. The highest BCUT2D eigenvalue weighted by Gasteiger charge is 2.09. The molecule has 0 spiro atoms. The number of rotatable bonds is 6. The van der Waals surface area contributed by atoms with E-state index in [-0.39, 0.29) is 12.5 Å². The van der Waals surface area contributed by atoms with E-state index in [4.69, 9.17) is 5.11 Å². The van der Waals surface area contributed by atoms with Crippen molar-refractivity contribution in [2.45, 2.75) is 30.4 Å². The fourth-order valence-electron chi connectivity index (χ4n) is 1.33. The van der Waals surface area contributed by atoms with Crippen molar-refractivity contribution in [3.05, 3.63) is 24.0 Å². The number of pyridine rings is 1. The standard InChI is InChI=1S/C12H18N2O2S/c1-3-13-12(16)11-8-10(4-6-14-11)17-9(2)5-7-15/h4,6,8-9,15H,3,5,7H2,1-2H3,(H,13,16). The number of amides is 1. The molecule has 0 aromatic carbocycles. The molecule has 0 aliphatic heterocycles. The number of nitrogens with zero attached hydrogens (tertiary/aromatic N) is 1. The van der Waals surface area contributed by atoms with Crippen LogP contribution in [-0.2, 0) is 0 Å². The first-order valence-electron chi connectivity index (χ1n) is 5.69. The van der Waals surface area contributed by atoms with Gasteiger partial charge >= 0.3 is 0 Å². The average Bonchev–Trinajstić information content (AvgIpc) is 2.30. The highest BCUT2D eigenvalue weighted by atomic mass is 32.2. The van der Waals surface area contributed by atoms with Gasteiger partial charge < -0.3 is 10.4 Å². The van der Waals surface area contributed by atoms with Crippen LogP contribution in [0.2, 0.25) is 0 Å². The van der Waals surface area contributed by atoms with Gasteiger partial charge in [0.05, 0.1) is 0 Å². The van der Waals surface area contributed by atoms with Crippen LogP contribution in [0.25, 0.3) is 0 Å². The molecule has 1 heterocycles. The summed E-state index contributed by atoms with van der Waals surface area (Å²) in [6, 6.07) is 3.66. The number of hydrogen-bond acceptors (Lipinski definition) is 4. The molecule has 1 amide bonds. The maximum atomic E-state index is 11.6. The minimum absolute atomic E-state index is 0.148. The SMILES string of the molecule is CCNC(=O)c1cc(SC(C)CCO)ccn1. The predicted molar refractivity (Wildman–Crippen MR) is 69.3 cm³/mol. The molecule has 0 saturated heterocycles. The highest BCUT2D eigenvalue weighted by molar-refractivity contribution is 7.99. The summed E-state index contributed by atoms with van der Waals surface area (Å²) in [5.74, 6) is -0.148. The number of aliphatic hydroxyl groups excluding tert-OH is 1. The summed E-state index contributed by atoms with van der Waals surface area (Å²) >= 11 is 1.64. The van der Waals surface area contributed by atoms with Crippen LogP contribution in [-0.4, -0.2) is 34.4 Å². The average molecular weight is 254 g/mol. The molecule has 0 radical (unpaired) electrons. The Morgan fingerprint density at radius 3 is 3.06 bits per heavy atom. The van der Waals surface area contributed by atoms with Crippen LogP contribution in [0.3, 0.4) is 0 Å². The molecule has 0 aliphatic carbocycles. The van der Waals surface area contributed by atoms with Crippen LogP contribution in [0.4, 0.5) is 0 Å². The van der Waals surface area contributed by atoms with Crippen LogP contribution < -0.4 is 5.32 Å². The molecule has 1 atom stereocenters. The van der Waals surface area contributed by atoms with Crippen LogP contribution in [0.15, 0.2) is 23.2 Å². The molecule has 1 unspecified atom stereocenters. The van der Waals surface area contributed by atoms with Crippen molar-refractivity contribution in [2.24, 2.45) is 0 Å². The Morgan fingerprint density at radius 1 is 1.65 bits per heavy atom. The Kier molecular flexibility index (Phi) is 6.00. The van der Waals surface area contributed by atoms with Crippen LogP contribution in [0.5, 0.6) is 0 Å². The lowest BCUT2D eigenvalue weighted by molar-refractivity contribution is 0.0950. The van der Waals surface area contributed by atoms with E-state index < -0.39 is 0 Å². The smallest absolute Gasteiger partial charge is 0.269 e. The van der Waals surface area contributed by atoms with E-state index in [1.165, 1.54) is 0 Å². The number of carbonyl (C=O) groups excluding carboxylic acids is 1. The van der Waals surface area contributed by atoms with Crippen molar-refractivity contribution in [3.8, 4) is 0 Å². The third kappa shape index (κ3) is 4.75. The maximum absolute atomic E-state index is 11.6. The third-order valence-corrected chi connectivity index (χ3v) is 3.34. The number of aliphatic hydroxyl groups is 1. The van der Waals surface area contributed by atoms with Gasteiger partial charge in [-0.15, -0.1) is 11.8 Å². The molecule has 94 valence electrons. The summed E-state index contributed by atoms with van der Waals surface area (Å²) in [6.07, 6.45) is 2.38. The fourth-order valence-corrected chi connectivity index (χ4v) is 2.34. The van der Waals surface area contributed by atoms with Crippen LogP contribution in [0, 0.1) is 0 Å². The van der Waals surface area contributed by atoms with Gasteiger partial charge in [-0.05, 0) is 25.5 Å². The molecule has 4 nitrogen and oxygen atoms in total. The second kappa shape index (κ2) is 7.29. The molecule has 1 rings (SSSR count). The Hall–Kier alpha value is -1.07. The van der Waals surface area contributed by atoms with E-state index in [1.807, 2.05) is 19.9 Å². The van der Waals surface area contributed by atoms with Crippen LogP contribution in [0.1, 0.15) is 30.8 Å². The van der Waals surface area contributed by atoms with E-state index in [2.05, 4.69) is 10.3 Å². The summed E-state index contributed by atoms with van der Waals surface area (Å²) in [5, 5.41) is 11.9. The monoisotopic (exact) mass is 254 g/mol. The van der Waals surface area contributed by atoms with Crippen molar-refractivity contribution in [2.75, 3.05) is 13.2 Å². The zero-order valence-electron chi connectivity index (χ0n) is 10.1. The van der Waals surface area contributed by atoms with Gasteiger partial charge in [0.15, 0.2) is 0 Å². The molecule has 0 saturated carbocycles. The topological polar surface area (TPSA) is 62.2 Å². The van der Waals surface area contributed by atoms with Gasteiger partial charge in [0.25, 0.3) is 5.91 Å². The maximum Gasteiger partial charge on any atom is 0.269 e. The van der Waals surface area contributed by atoms with Gasteiger partial charge in [-0.25, -0.2) is 0 Å². The van der Waals surface area contributed by atoms with Gasteiger partial charge in [0.1, 0.15) is 5.69 Å². The van der Waals surface area contributed by atoms with E-state index in [1.54, 1.807) is 24.0 Å². The van der Waals surface area contributed by atoms with Crippen molar-refractivity contribution < 1.29 is 9.90 Å². The molecular formula is C12H18N2O2S. The number of thioether (sulfide) groups is 1. The lowest BCUT2D eigenvalue weighted by Gasteiger charge is -2.09. The zero-order chi connectivity index (χ0) is 12.7. The van der Waals surface area contributed by atoms with Gasteiger partial charge in [-0.2, -0.15) is 0 Å². The summed E-state index contributed by atoms with van der Waals surface area (Å²) in [6.45, 7) is 4.70. The first-order chi connectivity index (χ1) is 8.17. The van der Waals surface area contributed by atoms with Crippen LogP contribution >= 0.6 is 11.8 Å². The molecule has 1 aromatic heterocycles. The van der Waals surface area contributed by atoms with E-state index in [0.29, 0.717) is 17.5 Å².